The summed E-state index contributed by atoms with van der Waals surface area (Å²) in [7, 11) is 0. The number of fused-ring (bicyclic) bond motifs is 1. The van der Waals surface area contributed by atoms with Crippen molar-refractivity contribution in [1.82, 2.24) is 19.8 Å². The average Bonchev–Trinajstić information content (AvgIpc) is 3.33. The van der Waals surface area contributed by atoms with Gasteiger partial charge in [-0.2, -0.15) is 9.61 Å². The standard InChI is InChI=1S/C22H23N5O2S/c1-4-19-24-25-22-27(19)26-21(30-22)16-6-5-7-17(12-16)23-20(28)13-29-18-10-8-15(9-11-18)14(2)3/h5-12,14H,4,13H2,1-3H3,(H,23,28). The number of hydrogen-bond acceptors (Lipinski definition) is 6. The van der Waals surface area contributed by atoms with Crippen LogP contribution in [0.5, 0.6) is 5.75 Å². The molecule has 0 spiro atoms. The lowest BCUT2D eigenvalue weighted by Gasteiger charge is -2.10. The van der Waals surface area contributed by atoms with Crippen LogP contribution in [0.4, 0.5) is 5.69 Å². The highest BCUT2D eigenvalue weighted by atomic mass is 32.1. The summed E-state index contributed by atoms with van der Waals surface area (Å²) in [4.78, 5) is 13.1. The molecule has 0 radical (unpaired) electrons. The summed E-state index contributed by atoms with van der Waals surface area (Å²) in [5.74, 6) is 1.75. The first kappa shape index (κ1) is 20.0. The zero-order chi connectivity index (χ0) is 21.1. The highest BCUT2D eigenvalue weighted by Crippen LogP contribution is 2.27. The SMILES string of the molecule is CCc1nnc2sc(-c3cccc(NC(=O)COc4ccc(C(C)C)cc4)c3)nn12. The van der Waals surface area contributed by atoms with Crippen molar-refractivity contribution < 1.29 is 9.53 Å². The summed E-state index contributed by atoms with van der Waals surface area (Å²) >= 11 is 1.47. The number of nitrogens with one attached hydrogen (secondary N) is 1. The number of rotatable bonds is 7. The molecule has 0 saturated carbocycles. The number of anilines is 1. The molecule has 4 aromatic rings. The van der Waals surface area contributed by atoms with E-state index in [4.69, 9.17) is 4.74 Å². The molecule has 2 aromatic heterocycles. The number of nitrogens with zero attached hydrogens (tertiary/aromatic N) is 4. The van der Waals surface area contributed by atoms with Gasteiger partial charge in [0.15, 0.2) is 12.4 Å². The van der Waals surface area contributed by atoms with Crippen LogP contribution in [0.3, 0.4) is 0 Å². The summed E-state index contributed by atoms with van der Waals surface area (Å²) in [5, 5.41) is 16.6. The zero-order valence-corrected chi connectivity index (χ0v) is 17.9. The highest BCUT2D eigenvalue weighted by Gasteiger charge is 2.13. The number of amides is 1. The van der Waals surface area contributed by atoms with Gasteiger partial charge in [-0.15, -0.1) is 10.2 Å². The molecular weight excluding hydrogens is 398 g/mol. The van der Waals surface area contributed by atoms with Gasteiger partial charge in [-0.05, 0) is 35.7 Å². The van der Waals surface area contributed by atoms with E-state index < -0.39 is 0 Å². The summed E-state index contributed by atoms with van der Waals surface area (Å²) in [6.45, 7) is 6.25. The fourth-order valence-electron chi connectivity index (χ4n) is 3.02. The molecule has 0 fully saturated rings. The van der Waals surface area contributed by atoms with E-state index in [1.54, 1.807) is 4.52 Å². The third-order valence-electron chi connectivity index (χ3n) is 4.68. The van der Waals surface area contributed by atoms with Crippen LogP contribution in [0.15, 0.2) is 48.5 Å². The number of benzene rings is 2. The minimum absolute atomic E-state index is 0.0537. The Morgan fingerprint density at radius 1 is 1.17 bits per heavy atom. The molecule has 2 heterocycles. The second-order valence-corrected chi connectivity index (χ2v) is 8.17. The van der Waals surface area contributed by atoms with Crippen LogP contribution in [-0.2, 0) is 11.2 Å². The molecule has 0 aliphatic rings. The van der Waals surface area contributed by atoms with Crippen molar-refractivity contribution in [2.45, 2.75) is 33.1 Å². The Hall–Kier alpha value is -3.26. The molecule has 1 N–H and O–H groups in total. The Morgan fingerprint density at radius 2 is 1.97 bits per heavy atom. The molecule has 1 amide bonds. The topological polar surface area (TPSA) is 81.4 Å². The van der Waals surface area contributed by atoms with Gasteiger partial charge in [0, 0.05) is 17.7 Å². The van der Waals surface area contributed by atoms with Crippen LogP contribution in [0.25, 0.3) is 15.5 Å². The summed E-state index contributed by atoms with van der Waals surface area (Å²) < 4.78 is 7.37. The number of ether oxygens (including phenoxy) is 1. The second kappa shape index (κ2) is 8.62. The van der Waals surface area contributed by atoms with Gasteiger partial charge in [0.1, 0.15) is 10.8 Å². The van der Waals surface area contributed by atoms with Crippen LogP contribution < -0.4 is 10.1 Å². The van der Waals surface area contributed by atoms with Crippen LogP contribution in [-0.4, -0.2) is 32.3 Å². The lowest BCUT2D eigenvalue weighted by molar-refractivity contribution is -0.118. The Balaban J connectivity index is 1.40. The quantitative estimate of drug-likeness (QED) is 0.473. The van der Waals surface area contributed by atoms with E-state index in [-0.39, 0.29) is 12.5 Å². The zero-order valence-electron chi connectivity index (χ0n) is 17.1. The fraction of sp³-hybridized carbons (Fsp3) is 0.273. The van der Waals surface area contributed by atoms with Gasteiger partial charge < -0.3 is 10.1 Å². The van der Waals surface area contributed by atoms with E-state index in [0.29, 0.717) is 17.4 Å². The molecular formula is C22H23N5O2S. The van der Waals surface area contributed by atoms with E-state index in [1.165, 1.54) is 16.9 Å². The highest BCUT2D eigenvalue weighted by molar-refractivity contribution is 7.19. The minimum Gasteiger partial charge on any atom is -0.484 e. The fourth-order valence-corrected chi connectivity index (χ4v) is 3.87. The van der Waals surface area contributed by atoms with E-state index in [2.05, 4.69) is 34.5 Å². The molecule has 0 aliphatic carbocycles. The first-order valence-electron chi connectivity index (χ1n) is 9.87. The summed E-state index contributed by atoms with van der Waals surface area (Å²) in [6, 6.07) is 15.4. The summed E-state index contributed by atoms with van der Waals surface area (Å²) in [6.07, 6.45) is 0.765. The summed E-state index contributed by atoms with van der Waals surface area (Å²) in [5.41, 5.74) is 2.84. The molecule has 0 unspecified atom stereocenters. The Bertz CT molecular complexity index is 1160. The van der Waals surface area contributed by atoms with Gasteiger partial charge >= 0.3 is 0 Å². The van der Waals surface area contributed by atoms with Crippen molar-refractivity contribution in [3.63, 3.8) is 0 Å². The van der Waals surface area contributed by atoms with Gasteiger partial charge in [-0.3, -0.25) is 4.79 Å². The number of hydrogen-bond donors (Lipinski definition) is 1. The predicted octanol–water partition coefficient (Wildman–Crippen LogP) is 4.56. The Labute approximate surface area is 178 Å². The van der Waals surface area contributed by atoms with Crippen molar-refractivity contribution in [1.29, 1.82) is 0 Å². The molecule has 30 heavy (non-hydrogen) atoms. The van der Waals surface area contributed by atoms with Crippen molar-refractivity contribution in [3.05, 3.63) is 59.9 Å². The molecule has 4 rings (SSSR count). The first-order valence-corrected chi connectivity index (χ1v) is 10.7. The van der Waals surface area contributed by atoms with Gasteiger partial charge in [-0.25, -0.2) is 0 Å². The largest absolute Gasteiger partial charge is 0.484 e. The van der Waals surface area contributed by atoms with Gasteiger partial charge in [0.05, 0.1) is 0 Å². The molecule has 0 bridgehead atoms. The third kappa shape index (κ3) is 4.33. The van der Waals surface area contributed by atoms with E-state index >= 15 is 0 Å². The van der Waals surface area contributed by atoms with Crippen molar-refractivity contribution in [3.8, 4) is 16.3 Å². The molecule has 8 heteroatoms. The number of carbonyl (C=O) groups excluding carboxylic acids is 1. The maximum atomic E-state index is 12.3. The van der Waals surface area contributed by atoms with E-state index in [0.717, 1.165) is 27.8 Å². The molecule has 0 atom stereocenters. The second-order valence-electron chi connectivity index (χ2n) is 7.21. The molecule has 154 valence electrons. The van der Waals surface area contributed by atoms with Crippen LogP contribution in [0.1, 0.15) is 38.1 Å². The normalized spacial score (nSPS) is 11.2. The number of aryl methyl sites for hydroxylation is 1. The lowest BCUT2D eigenvalue weighted by Crippen LogP contribution is -2.20. The monoisotopic (exact) mass is 421 g/mol. The van der Waals surface area contributed by atoms with Crippen molar-refractivity contribution in [2.75, 3.05) is 11.9 Å². The molecule has 0 aliphatic heterocycles. The molecule has 7 nitrogen and oxygen atoms in total. The van der Waals surface area contributed by atoms with Crippen molar-refractivity contribution in [2.24, 2.45) is 0 Å². The smallest absolute Gasteiger partial charge is 0.262 e. The van der Waals surface area contributed by atoms with E-state index in [1.807, 2.05) is 55.5 Å². The van der Waals surface area contributed by atoms with Gasteiger partial charge in [0.2, 0.25) is 4.96 Å². The predicted molar refractivity (Wildman–Crippen MR) is 118 cm³/mol. The Kier molecular flexibility index (Phi) is 5.76. The van der Waals surface area contributed by atoms with Gasteiger partial charge in [0.25, 0.3) is 5.91 Å². The lowest BCUT2D eigenvalue weighted by atomic mass is 10.0. The maximum Gasteiger partial charge on any atom is 0.262 e. The van der Waals surface area contributed by atoms with Crippen molar-refractivity contribution >= 4 is 27.9 Å². The van der Waals surface area contributed by atoms with Gasteiger partial charge in [-0.1, -0.05) is 56.4 Å². The molecule has 2 aromatic carbocycles. The number of carbonyl (C=O) groups is 1. The molecule has 0 saturated heterocycles. The average molecular weight is 422 g/mol. The van der Waals surface area contributed by atoms with Crippen LogP contribution in [0, 0.1) is 0 Å². The maximum absolute atomic E-state index is 12.3. The first-order chi connectivity index (χ1) is 14.5. The Morgan fingerprint density at radius 3 is 2.70 bits per heavy atom. The van der Waals surface area contributed by atoms with E-state index in [9.17, 15) is 4.79 Å². The van der Waals surface area contributed by atoms with Crippen LogP contribution in [0.2, 0.25) is 0 Å². The van der Waals surface area contributed by atoms with Crippen LogP contribution >= 0.6 is 11.3 Å². The number of aromatic nitrogens is 4. The third-order valence-corrected chi connectivity index (χ3v) is 5.63. The minimum atomic E-state index is -0.216.